The second-order valence-corrected chi connectivity index (χ2v) is 8.79. The zero-order valence-corrected chi connectivity index (χ0v) is 20.6. The third-order valence-corrected chi connectivity index (χ3v) is 5.76. The number of halogens is 1. The first-order valence-corrected chi connectivity index (χ1v) is 11.9. The average molecular weight is 528 g/mol. The van der Waals surface area contributed by atoms with E-state index in [1.54, 1.807) is 29.8 Å². The van der Waals surface area contributed by atoms with E-state index < -0.39 is 0 Å². The molecule has 10 heteroatoms. The number of carbonyl (C=O) groups is 2. The molecule has 1 heterocycles. The number of hydrogen-bond donors (Lipinski definition) is 2. The Morgan fingerprint density at radius 1 is 1.09 bits per heavy atom. The maximum absolute atomic E-state index is 12.5. The minimum absolute atomic E-state index is 0.204. The molecule has 0 bridgehead atoms. The molecule has 1 fully saturated rings. The van der Waals surface area contributed by atoms with Crippen LogP contribution in [0.3, 0.4) is 0 Å². The molecule has 34 heavy (non-hydrogen) atoms. The number of aromatic nitrogens is 3. The Hall–Kier alpha value is -3.40. The maximum atomic E-state index is 12.5. The van der Waals surface area contributed by atoms with Crippen molar-refractivity contribution in [3.05, 3.63) is 63.9 Å². The van der Waals surface area contributed by atoms with Crippen LogP contribution in [0.4, 0.5) is 0 Å². The molecule has 1 aliphatic rings. The van der Waals surface area contributed by atoms with Crippen molar-refractivity contribution in [3.63, 3.8) is 0 Å². The highest BCUT2D eigenvalue weighted by Crippen LogP contribution is 2.27. The number of ether oxygens (including phenoxy) is 2. The number of benzene rings is 2. The van der Waals surface area contributed by atoms with Gasteiger partial charge in [0.05, 0.1) is 5.69 Å². The van der Waals surface area contributed by atoms with E-state index in [9.17, 15) is 9.59 Å². The monoisotopic (exact) mass is 527 g/mol. The van der Waals surface area contributed by atoms with Gasteiger partial charge in [-0.05, 0) is 69.2 Å². The fourth-order valence-electron chi connectivity index (χ4n) is 3.30. The summed E-state index contributed by atoms with van der Waals surface area (Å²) in [5.41, 5.74) is 1.88. The Kier molecular flexibility index (Phi) is 7.46. The van der Waals surface area contributed by atoms with E-state index in [4.69, 9.17) is 9.47 Å². The first-order valence-electron chi connectivity index (χ1n) is 11.1. The summed E-state index contributed by atoms with van der Waals surface area (Å²) >= 11 is 3.40. The molecule has 0 spiro atoms. The number of rotatable bonds is 10. The SMILES string of the molecule is CCNC(=O)c1ccc(-n2nnc(C(=O)NC3CC3)c2C)c(OCCOc2ccc(Br)cc2)c1. The minimum atomic E-state index is -0.240. The second-order valence-electron chi connectivity index (χ2n) is 7.88. The lowest BCUT2D eigenvalue weighted by Crippen LogP contribution is -2.26. The molecule has 4 rings (SSSR count). The standard InChI is InChI=1S/C24H26BrN5O4/c1-3-26-23(31)16-4-11-20(30-15(2)22(28-29-30)24(32)27-18-7-8-18)21(14-16)34-13-12-33-19-9-5-17(25)6-10-19/h4-6,9-11,14,18H,3,7-8,12-13H2,1-2H3,(H,26,31)(H,27,32). The van der Waals surface area contributed by atoms with E-state index in [2.05, 4.69) is 36.9 Å². The fraction of sp³-hybridized carbons (Fsp3) is 0.333. The molecule has 2 amide bonds. The number of amides is 2. The minimum Gasteiger partial charge on any atom is -0.490 e. The van der Waals surface area contributed by atoms with Gasteiger partial charge in [-0.2, -0.15) is 0 Å². The first-order chi connectivity index (χ1) is 16.5. The molecule has 0 aliphatic heterocycles. The van der Waals surface area contributed by atoms with Crippen LogP contribution in [0.1, 0.15) is 46.3 Å². The van der Waals surface area contributed by atoms with Crippen molar-refractivity contribution in [2.24, 2.45) is 0 Å². The van der Waals surface area contributed by atoms with Crippen LogP contribution in [-0.4, -0.2) is 52.6 Å². The van der Waals surface area contributed by atoms with E-state index in [-0.39, 0.29) is 30.2 Å². The van der Waals surface area contributed by atoms with Crippen molar-refractivity contribution < 1.29 is 19.1 Å². The molecular weight excluding hydrogens is 502 g/mol. The average Bonchev–Trinajstić information content (AvgIpc) is 3.56. The normalized spacial score (nSPS) is 12.8. The van der Waals surface area contributed by atoms with Gasteiger partial charge in [-0.1, -0.05) is 21.1 Å². The molecule has 178 valence electrons. The summed E-state index contributed by atoms with van der Waals surface area (Å²) in [6.07, 6.45) is 1.97. The smallest absolute Gasteiger partial charge is 0.273 e. The molecule has 0 atom stereocenters. The van der Waals surface area contributed by atoms with Gasteiger partial charge < -0.3 is 20.1 Å². The number of nitrogens with zero attached hydrogens (tertiary/aromatic N) is 3. The highest BCUT2D eigenvalue weighted by atomic mass is 79.9. The van der Waals surface area contributed by atoms with Gasteiger partial charge in [-0.15, -0.1) is 5.10 Å². The zero-order chi connectivity index (χ0) is 24.1. The molecule has 0 saturated heterocycles. The Morgan fingerprint density at radius 2 is 1.82 bits per heavy atom. The van der Waals surface area contributed by atoms with E-state index in [0.717, 1.165) is 23.1 Å². The Labute approximate surface area is 206 Å². The highest BCUT2D eigenvalue weighted by Gasteiger charge is 2.27. The zero-order valence-electron chi connectivity index (χ0n) is 19.0. The van der Waals surface area contributed by atoms with Gasteiger partial charge in [0, 0.05) is 22.6 Å². The fourth-order valence-corrected chi connectivity index (χ4v) is 3.56. The summed E-state index contributed by atoms with van der Waals surface area (Å²) in [6, 6.07) is 12.8. The van der Waals surface area contributed by atoms with Gasteiger partial charge in [0.2, 0.25) is 0 Å². The lowest BCUT2D eigenvalue weighted by Gasteiger charge is -2.14. The van der Waals surface area contributed by atoms with E-state index >= 15 is 0 Å². The lowest BCUT2D eigenvalue weighted by atomic mass is 10.1. The van der Waals surface area contributed by atoms with Crippen molar-refractivity contribution in [2.45, 2.75) is 32.7 Å². The van der Waals surface area contributed by atoms with E-state index in [0.29, 0.717) is 35.8 Å². The van der Waals surface area contributed by atoms with Crippen molar-refractivity contribution >= 4 is 27.7 Å². The van der Waals surface area contributed by atoms with Crippen LogP contribution in [0.15, 0.2) is 46.9 Å². The van der Waals surface area contributed by atoms with Crippen molar-refractivity contribution in [1.29, 1.82) is 0 Å². The summed E-state index contributed by atoms with van der Waals surface area (Å²) < 4.78 is 14.3. The van der Waals surface area contributed by atoms with Crippen molar-refractivity contribution in [1.82, 2.24) is 25.6 Å². The predicted molar refractivity (Wildman–Crippen MR) is 130 cm³/mol. The molecule has 2 N–H and O–H groups in total. The van der Waals surface area contributed by atoms with Crippen LogP contribution in [0, 0.1) is 6.92 Å². The third kappa shape index (κ3) is 5.74. The molecule has 3 aromatic rings. The van der Waals surface area contributed by atoms with Gasteiger partial charge in [0.1, 0.15) is 30.4 Å². The molecule has 1 aromatic heterocycles. The number of nitrogens with one attached hydrogen (secondary N) is 2. The quantitative estimate of drug-likeness (QED) is 0.391. The Morgan fingerprint density at radius 3 is 2.53 bits per heavy atom. The van der Waals surface area contributed by atoms with Crippen LogP contribution in [-0.2, 0) is 0 Å². The molecule has 0 radical (unpaired) electrons. The molecule has 0 unspecified atom stereocenters. The summed E-state index contributed by atoms with van der Waals surface area (Å²) in [5.74, 6) is 0.715. The highest BCUT2D eigenvalue weighted by molar-refractivity contribution is 9.10. The summed E-state index contributed by atoms with van der Waals surface area (Å²) in [7, 11) is 0. The van der Waals surface area contributed by atoms with Gasteiger partial charge in [0.25, 0.3) is 11.8 Å². The van der Waals surface area contributed by atoms with Gasteiger partial charge >= 0.3 is 0 Å². The molecular formula is C24H26BrN5O4. The molecule has 1 aliphatic carbocycles. The van der Waals surface area contributed by atoms with E-state index in [1.807, 2.05) is 31.2 Å². The predicted octanol–water partition coefficient (Wildman–Crippen LogP) is 3.44. The van der Waals surface area contributed by atoms with Crippen molar-refractivity contribution in [2.75, 3.05) is 19.8 Å². The Balaban J connectivity index is 1.53. The van der Waals surface area contributed by atoms with Gasteiger partial charge in [0.15, 0.2) is 5.69 Å². The lowest BCUT2D eigenvalue weighted by molar-refractivity contribution is 0.0940. The van der Waals surface area contributed by atoms with Crippen LogP contribution in [0.2, 0.25) is 0 Å². The summed E-state index contributed by atoms with van der Waals surface area (Å²) in [5, 5.41) is 14.0. The maximum Gasteiger partial charge on any atom is 0.273 e. The topological polar surface area (TPSA) is 107 Å². The molecule has 9 nitrogen and oxygen atoms in total. The van der Waals surface area contributed by atoms with Gasteiger partial charge in [-0.3, -0.25) is 9.59 Å². The summed E-state index contributed by atoms with van der Waals surface area (Å²) in [4.78, 5) is 24.9. The molecule has 1 saturated carbocycles. The third-order valence-electron chi connectivity index (χ3n) is 5.23. The Bertz CT molecular complexity index is 1170. The van der Waals surface area contributed by atoms with Crippen LogP contribution < -0.4 is 20.1 Å². The van der Waals surface area contributed by atoms with Crippen LogP contribution >= 0.6 is 15.9 Å². The first kappa shape index (κ1) is 23.7. The van der Waals surface area contributed by atoms with Crippen LogP contribution in [0.5, 0.6) is 11.5 Å². The largest absolute Gasteiger partial charge is 0.490 e. The number of hydrogen-bond acceptors (Lipinski definition) is 6. The number of carbonyl (C=O) groups excluding carboxylic acids is 2. The van der Waals surface area contributed by atoms with Crippen LogP contribution in [0.25, 0.3) is 5.69 Å². The van der Waals surface area contributed by atoms with E-state index in [1.165, 1.54) is 0 Å². The van der Waals surface area contributed by atoms with Crippen molar-refractivity contribution in [3.8, 4) is 17.2 Å². The summed E-state index contributed by atoms with van der Waals surface area (Å²) in [6.45, 7) is 4.69. The second kappa shape index (κ2) is 10.7. The molecule has 2 aromatic carbocycles. The van der Waals surface area contributed by atoms with Gasteiger partial charge in [-0.25, -0.2) is 4.68 Å².